The zero-order valence-corrected chi connectivity index (χ0v) is 81.1. The van der Waals surface area contributed by atoms with Gasteiger partial charge in [0.15, 0.2) is 5.96 Å². The number of hydrogen-bond donors (Lipinski definition) is 30. The number of phenolic OH excluding ortho intramolecular Hbond substituents is 2. The Kier molecular flexibility index (Phi) is 47.4. The molecule has 0 radical (unpaired) electrons. The lowest BCUT2D eigenvalue weighted by Crippen LogP contribution is -2.63. The van der Waals surface area contributed by atoms with Gasteiger partial charge in [0.05, 0.1) is 43.7 Å². The second-order valence-electron chi connectivity index (χ2n) is 35.4. The van der Waals surface area contributed by atoms with Gasteiger partial charge < -0.3 is 159 Å². The number of guanidine groups is 1. The number of benzene rings is 4. The molecule has 51 nitrogen and oxygen atoms in total. The Morgan fingerprint density at radius 3 is 1.41 bits per heavy atom. The number of fused-ring (bicyclic) bond motifs is 1. The number of likely N-dealkylation sites (tertiary alicyclic amines) is 1. The van der Waals surface area contributed by atoms with Crippen LogP contribution in [0.15, 0.2) is 109 Å². The van der Waals surface area contributed by atoms with Crippen molar-refractivity contribution in [3.63, 3.8) is 0 Å². The summed E-state index contributed by atoms with van der Waals surface area (Å²) < 4.78 is 0. The van der Waals surface area contributed by atoms with Crippen molar-refractivity contribution < 1.29 is 137 Å². The maximum Gasteiger partial charge on any atom is 0.326 e. The van der Waals surface area contributed by atoms with E-state index in [2.05, 4.69) is 90.1 Å². The Labute approximate surface area is 832 Å². The average Bonchev–Trinajstić information content (AvgIpc) is 1.75. The molecule has 4 aromatic carbocycles. The highest BCUT2D eigenvalue weighted by Crippen LogP contribution is 2.24. The molecule has 1 fully saturated rings. The number of para-hydroxylation sites is 1. The topological polar surface area (TPSA) is 843 Å². The third-order valence-electron chi connectivity index (χ3n) is 23.6. The van der Waals surface area contributed by atoms with Gasteiger partial charge in [-0.3, -0.25) is 96.5 Å². The number of aromatic hydroxyl groups is 2. The second kappa shape index (κ2) is 58.2. The Morgan fingerprint density at radius 2 is 0.883 bits per heavy atom. The lowest BCUT2D eigenvalue weighted by Gasteiger charge is -2.31. The van der Waals surface area contributed by atoms with Gasteiger partial charge in [0.1, 0.15) is 102 Å². The fourth-order valence-corrected chi connectivity index (χ4v) is 15.4. The van der Waals surface area contributed by atoms with Gasteiger partial charge in [0.25, 0.3) is 0 Å². The number of amides is 17. The molecule has 6 rings (SSSR count). The molecule has 145 heavy (non-hydrogen) atoms. The van der Waals surface area contributed by atoms with Crippen LogP contribution in [0.3, 0.4) is 0 Å². The monoisotopic (exact) mass is 2030 g/mol. The molecule has 34 N–H and O–H groups in total. The smallest absolute Gasteiger partial charge is 0.326 e. The van der Waals surface area contributed by atoms with E-state index in [1.807, 2.05) is 18.2 Å². The van der Waals surface area contributed by atoms with Crippen LogP contribution >= 0.6 is 0 Å². The largest absolute Gasteiger partial charge is 0.508 e. The number of aliphatic hydroxyl groups excluding tert-OH is 3. The number of hydrogen-bond acceptors (Lipinski definition) is 28. The van der Waals surface area contributed by atoms with E-state index in [0.717, 1.165) is 50.4 Å². The standard InChI is InChI=1S/C94H133N23O28/c1-8-46(2)74(113-80(131)59(96)41-55-44-101-60-21-13-12-20-58(55)60)89(140)112-67(42-70(97)123)86(137)115-76(50(6)119)90(141)111-66(40-54-27-31-57(122)32-28-54)85(136)114-75(49(5)118)88(139)102-45-71(124)105-62(33-34-72(125)126)92(143)117-37-17-24-69(117)87(138)116-77(51(7)120)91(142)110-64(39-53-25-29-56(121)30-26-53)82(133)104-47(3)78(129)103-48(4)79(130)108-68(43-73(127)128)84(135)109-65(38-52-18-10-9-11-19-52)83(134)106-61(22-14-15-35-95)81(132)107-63(93(144)145)23-16-36-100-94(98)99/h9-13,18-21,25-32,44,46-51,59,61-69,74-77,101,118-122H,8,14-17,22-24,33-43,45,95-96H2,1-7H3,(H2,97,123)(H,102,139)(H,103,129)(H,104,133)(H,105,124)(H,106,134)(H,107,132)(H,108,130)(H,109,135)(H,110,142)(H,111,141)(H,112,140)(H,113,131)(H,114,136)(H,115,137)(H,116,138)(H,125,126)(H,127,128)(H,144,145)(H4,98,99,100)/t46-,47-,48-,49+,50+,51+,59-,61-,62-,63-,64-,65-,66-,67-,68-,69-,74-,75-,76-,77-/m0/s1. The van der Waals surface area contributed by atoms with Crippen LogP contribution in [-0.4, -0.2) is 316 Å². The number of rotatable bonds is 60. The number of carbonyl (C=O) groups excluding carboxylic acids is 17. The molecule has 0 aliphatic carbocycles. The summed E-state index contributed by atoms with van der Waals surface area (Å²) in [6.07, 6.45) is -7.58. The molecule has 20 atom stereocenters. The van der Waals surface area contributed by atoms with Gasteiger partial charge in [-0.05, 0) is 157 Å². The summed E-state index contributed by atoms with van der Waals surface area (Å²) >= 11 is 0. The number of aromatic nitrogens is 1. The van der Waals surface area contributed by atoms with Gasteiger partial charge in [0, 0.05) is 55.9 Å². The third kappa shape index (κ3) is 38.7. The number of carboxylic acids is 3. The molecule has 1 aromatic heterocycles. The van der Waals surface area contributed by atoms with Crippen LogP contribution in [0.4, 0.5) is 0 Å². The molecule has 0 spiro atoms. The lowest BCUT2D eigenvalue weighted by atomic mass is 9.96. The highest BCUT2D eigenvalue weighted by molar-refractivity contribution is 6.03. The van der Waals surface area contributed by atoms with Crippen molar-refractivity contribution in [3.05, 3.63) is 132 Å². The van der Waals surface area contributed by atoms with E-state index in [-0.39, 0.29) is 99.6 Å². The molecule has 792 valence electrons. The number of unbranched alkanes of at least 4 members (excludes halogenated alkanes) is 1. The zero-order chi connectivity index (χ0) is 108. The zero-order valence-electron chi connectivity index (χ0n) is 81.1. The number of nitrogens with one attached hydrogen (secondary N) is 18. The molecule has 51 heteroatoms. The summed E-state index contributed by atoms with van der Waals surface area (Å²) in [5.41, 5.74) is 25.4. The van der Waals surface area contributed by atoms with Gasteiger partial charge in [-0.2, -0.15) is 0 Å². The molecule has 0 saturated carbocycles. The fourth-order valence-electron chi connectivity index (χ4n) is 15.4. The number of phenols is 2. The summed E-state index contributed by atoms with van der Waals surface area (Å²) in [4.78, 5) is 280. The minimum absolute atomic E-state index is 0.0468. The second-order valence-corrected chi connectivity index (χ2v) is 35.4. The van der Waals surface area contributed by atoms with E-state index in [0.29, 0.717) is 24.0 Å². The van der Waals surface area contributed by atoms with Gasteiger partial charge in [0.2, 0.25) is 100 Å². The number of carboxylic acid groups (broad SMARTS) is 3. The lowest BCUT2D eigenvalue weighted by molar-refractivity contribution is -0.144. The molecule has 1 saturated heterocycles. The number of aromatic amines is 1. The SMILES string of the molecule is CC[C@H](C)[C@H](NC(=O)[C@@H](N)Cc1c[nH]c2ccccc12)C(=O)N[C@@H](CC(N)=O)C(=O)N[C@H](C(=O)N[C@@H](Cc1ccc(O)cc1)C(=O)N[C@H](C(=O)NCC(=O)N[C@@H](CCC(=O)O)C(=O)N1CCC[C@H]1C(=O)N[C@H](C(=O)N[C@@H](Cc1ccc(O)cc1)C(=O)N[C@@H](C)C(=O)N[C@@H](C)C(=O)N[C@@H](CC(=O)O)C(=O)N[C@@H](Cc1ccccc1)C(=O)N[C@@H](CCCCN)C(=O)N[C@@H](CCCNC(=N)N)C(=O)O)[C@@H](C)O)[C@@H](C)O)[C@@H](C)O. The first-order chi connectivity index (χ1) is 68.5. The predicted molar refractivity (Wildman–Crippen MR) is 517 cm³/mol. The molecular formula is C94H133N23O28. The highest BCUT2D eigenvalue weighted by Gasteiger charge is 2.44. The summed E-state index contributed by atoms with van der Waals surface area (Å²) in [7, 11) is 0. The number of H-pyrrole nitrogens is 1. The Balaban J connectivity index is 1.11. The number of aliphatic hydroxyl groups is 3. The Morgan fingerprint density at radius 1 is 0.441 bits per heavy atom. The molecule has 5 aromatic rings. The van der Waals surface area contributed by atoms with Crippen molar-refractivity contribution in [1.82, 2.24) is 95.0 Å². The quantitative estimate of drug-likeness (QED) is 0.00977. The van der Waals surface area contributed by atoms with Crippen LogP contribution in [0.5, 0.6) is 11.5 Å². The first kappa shape index (κ1) is 118. The van der Waals surface area contributed by atoms with Crippen molar-refractivity contribution in [2.75, 3.05) is 26.2 Å². The van der Waals surface area contributed by atoms with Gasteiger partial charge >= 0.3 is 17.9 Å². The first-order valence-electron chi connectivity index (χ1n) is 47.0. The summed E-state index contributed by atoms with van der Waals surface area (Å²) in [6, 6.07) is -1.40. The van der Waals surface area contributed by atoms with Crippen LogP contribution in [0.25, 0.3) is 10.9 Å². The number of aliphatic carboxylic acids is 3. The normalized spacial score (nSPS) is 16.1. The molecule has 0 unspecified atom stereocenters. The van der Waals surface area contributed by atoms with Gasteiger partial charge in [-0.15, -0.1) is 0 Å². The summed E-state index contributed by atoms with van der Waals surface area (Å²) in [5, 5.41) is 129. The van der Waals surface area contributed by atoms with E-state index >= 15 is 0 Å². The minimum Gasteiger partial charge on any atom is -0.508 e. The fraction of sp³-hybridized carbons (Fsp3) is 0.500. The van der Waals surface area contributed by atoms with Gasteiger partial charge in [-0.1, -0.05) is 93.1 Å². The van der Waals surface area contributed by atoms with Crippen LogP contribution < -0.4 is 108 Å². The average molecular weight is 2030 g/mol. The first-order valence-corrected chi connectivity index (χ1v) is 47.0. The Bertz CT molecular complexity index is 5360. The van der Waals surface area contributed by atoms with Crippen molar-refractivity contribution in [2.45, 2.75) is 266 Å². The van der Waals surface area contributed by atoms with Crippen LogP contribution in [-0.2, 0) is 122 Å². The maximum atomic E-state index is 14.6. The third-order valence-corrected chi connectivity index (χ3v) is 23.6. The van der Waals surface area contributed by atoms with E-state index in [1.54, 1.807) is 56.4 Å². The molecule has 0 bridgehead atoms. The summed E-state index contributed by atoms with van der Waals surface area (Å²) in [5.74, 6) is -25.0. The Hall–Kier alpha value is -15.5. The predicted octanol–water partition coefficient (Wildman–Crippen LogP) is -7.01. The van der Waals surface area contributed by atoms with E-state index in [1.165, 1.54) is 48.5 Å². The van der Waals surface area contributed by atoms with Crippen molar-refractivity contribution in [3.8, 4) is 11.5 Å². The summed E-state index contributed by atoms with van der Waals surface area (Å²) in [6.45, 7) is 7.72. The number of carbonyl (C=O) groups is 20. The van der Waals surface area contributed by atoms with E-state index < -0.39 is 284 Å². The molecule has 2 heterocycles. The van der Waals surface area contributed by atoms with Crippen LogP contribution in [0, 0.1) is 11.3 Å². The van der Waals surface area contributed by atoms with Crippen molar-refractivity contribution in [2.24, 2.45) is 28.9 Å². The van der Waals surface area contributed by atoms with E-state index in [9.17, 15) is 137 Å². The van der Waals surface area contributed by atoms with Crippen LogP contribution in [0.1, 0.15) is 148 Å². The molecule has 1 aliphatic rings. The van der Waals surface area contributed by atoms with Gasteiger partial charge in [-0.25, -0.2) is 4.79 Å². The van der Waals surface area contributed by atoms with Crippen LogP contribution in [0.2, 0.25) is 0 Å². The molecular weight excluding hydrogens is 1900 g/mol. The number of nitrogens with two attached hydrogens (primary N) is 4. The van der Waals surface area contributed by atoms with E-state index in [4.69, 9.17) is 28.3 Å². The maximum absolute atomic E-state index is 14.6. The van der Waals surface area contributed by atoms with Crippen molar-refractivity contribution >= 4 is 135 Å². The molecule has 17 amide bonds. The number of primary amides is 1. The highest BCUT2D eigenvalue weighted by atomic mass is 16.4. The van der Waals surface area contributed by atoms with Crippen molar-refractivity contribution in [1.29, 1.82) is 5.41 Å². The number of nitrogens with zero attached hydrogens (tertiary/aromatic N) is 1. The minimum atomic E-state index is -2.02. The molecule has 1 aliphatic heterocycles.